The lowest BCUT2D eigenvalue weighted by Gasteiger charge is -2.42. The van der Waals surface area contributed by atoms with Gasteiger partial charge in [0.15, 0.2) is 0 Å². The minimum atomic E-state index is 0.665. The molecule has 0 N–H and O–H groups in total. The summed E-state index contributed by atoms with van der Waals surface area (Å²) in [6.07, 6.45) is 5.00. The Balaban J connectivity index is 1.69. The summed E-state index contributed by atoms with van der Waals surface area (Å²) in [6, 6.07) is 1.47. The second-order valence-corrected chi connectivity index (χ2v) is 6.16. The quantitative estimate of drug-likeness (QED) is 0.831. The maximum Gasteiger partial charge on any atom is 0.0638 e. The predicted molar refractivity (Wildman–Crippen MR) is 77.1 cm³/mol. The van der Waals surface area contributed by atoms with Gasteiger partial charge in [0.05, 0.1) is 5.69 Å². The number of rotatable bonds is 3. The minimum absolute atomic E-state index is 0.665. The van der Waals surface area contributed by atoms with Crippen LogP contribution in [0.3, 0.4) is 0 Å². The average Bonchev–Trinajstić information content (AvgIpc) is 2.97. The average molecular weight is 262 g/mol. The van der Waals surface area contributed by atoms with Crippen LogP contribution in [0.1, 0.15) is 37.9 Å². The van der Waals surface area contributed by atoms with Crippen molar-refractivity contribution in [2.75, 3.05) is 19.6 Å². The number of hydrogen-bond acceptors (Lipinski definition) is 3. The SMILES string of the molecule is CCn1cc(CN2C[C@H]3CCCN3C[C@H]2C)c(C)n1. The molecule has 0 aliphatic carbocycles. The first kappa shape index (κ1) is 13.1. The van der Waals surface area contributed by atoms with E-state index in [4.69, 9.17) is 0 Å². The van der Waals surface area contributed by atoms with Crippen molar-refractivity contribution in [3.63, 3.8) is 0 Å². The lowest BCUT2D eigenvalue weighted by atomic mass is 10.1. The van der Waals surface area contributed by atoms with Gasteiger partial charge in [-0.15, -0.1) is 0 Å². The molecule has 2 atom stereocenters. The predicted octanol–water partition coefficient (Wildman–Crippen LogP) is 1.88. The third kappa shape index (κ3) is 2.56. The molecule has 106 valence electrons. The highest BCUT2D eigenvalue weighted by Gasteiger charge is 2.34. The Kier molecular flexibility index (Phi) is 3.63. The number of aryl methyl sites for hydroxylation is 2. The van der Waals surface area contributed by atoms with E-state index in [1.54, 1.807) is 0 Å². The van der Waals surface area contributed by atoms with Crippen LogP contribution in [0.4, 0.5) is 0 Å². The van der Waals surface area contributed by atoms with Gasteiger partial charge in [0, 0.05) is 50.0 Å². The number of piperazine rings is 1. The summed E-state index contributed by atoms with van der Waals surface area (Å²) in [6.45, 7) is 12.5. The van der Waals surface area contributed by atoms with E-state index in [-0.39, 0.29) is 0 Å². The van der Waals surface area contributed by atoms with Gasteiger partial charge < -0.3 is 0 Å². The summed E-state index contributed by atoms with van der Waals surface area (Å²) in [5, 5.41) is 4.57. The summed E-state index contributed by atoms with van der Waals surface area (Å²) in [5.74, 6) is 0. The summed E-state index contributed by atoms with van der Waals surface area (Å²) in [7, 11) is 0. The van der Waals surface area contributed by atoms with Crippen LogP contribution in [0.25, 0.3) is 0 Å². The van der Waals surface area contributed by atoms with E-state index in [0.29, 0.717) is 6.04 Å². The first-order valence-electron chi connectivity index (χ1n) is 7.68. The normalized spacial score (nSPS) is 28.8. The van der Waals surface area contributed by atoms with Crippen LogP contribution in [0, 0.1) is 6.92 Å². The van der Waals surface area contributed by atoms with Crippen molar-refractivity contribution in [1.29, 1.82) is 0 Å². The van der Waals surface area contributed by atoms with Gasteiger partial charge in [0.25, 0.3) is 0 Å². The van der Waals surface area contributed by atoms with Crippen molar-refractivity contribution in [1.82, 2.24) is 19.6 Å². The third-order valence-electron chi connectivity index (χ3n) is 4.81. The summed E-state index contributed by atoms with van der Waals surface area (Å²) >= 11 is 0. The van der Waals surface area contributed by atoms with Crippen molar-refractivity contribution < 1.29 is 0 Å². The van der Waals surface area contributed by atoms with Gasteiger partial charge in [0.1, 0.15) is 0 Å². The summed E-state index contributed by atoms with van der Waals surface area (Å²) in [5.41, 5.74) is 2.60. The topological polar surface area (TPSA) is 24.3 Å². The Morgan fingerprint density at radius 1 is 1.37 bits per heavy atom. The number of aromatic nitrogens is 2. The van der Waals surface area contributed by atoms with E-state index in [1.165, 1.54) is 43.7 Å². The molecule has 2 saturated heterocycles. The van der Waals surface area contributed by atoms with Crippen molar-refractivity contribution in [3.05, 3.63) is 17.5 Å². The molecule has 0 amide bonds. The maximum absolute atomic E-state index is 4.57. The highest BCUT2D eigenvalue weighted by molar-refractivity contribution is 5.15. The van der Waals surface area contributed by atoms with Gasteiger partial charge in [0.2, 0.25) is 0 Å². The zero-order valence-electron chi connectivity index (χ0n) is 12.5. The summed E-state index contributed by atoms with van der Waals surface area (Å²) < 4.78 is 2.06. The fourth-order valence-corrected chi connectivity index (χ4v) is 3.56. The Bertz CT molecular complexity index is 439. The highest BCUT2D eigenvalue weighted by atomic mass is 15.3. The van der Waals surface area contributed by atoms with Gasteiger partial charge in [-0.05, 0) is 40.2 Å². The van der Waals surface area contributed by atoms with Gasteiger partial charge in [-0.1, -0.05) is 0 Å². The van der Waals surface area contributed by atoms with Crippen LogP contribution in [0.2, 0.25) is 0 Å². The molecule has 0 unspecified atom stereocenters. The monoisotopic (exact) mass is 262 g/mol. The fraction of sp³-hybridized carbons (Fsp3) is 0.800. The molecule has 2 aliphatic rings. The fourth-order valence-electron chi connectivity index (χ4n) is 3.56. The van der Waals surface area contributed by atoms with Crippen LogP contribution < -0.4 is 0 Å². The molecule has 1 aromatic rings. The largest absolute Gasteiger partial charge is 0.298 e. The van der Waals surface area contributed by atoms with E-state index < -0.39 is 0 Å². The van der Waals surface area contributed by atoms with E-state index in [1.807, 2.05) is 0 Å². The summed E-state index contributed by atoms with van der Waals surface area (Å²) in [4.78, 5) is 5.33. The van der Waals surface area contributed by atoms with Crippen molar-refractivity contribution in [2.24, 2.45) is 0 Å². The smallest absolute Gasteiger partial charge is 0.0638 e. The molecule has 1 aromatic heterocycles. The number of fused-ring (bicyclic) bond motifs is 1. The second-order valence-electron chi connectivity index (χ2n) is 6.16. The Morgan fingerprint density at radius 2 is 2.21 bits per heavy atom. The Hall–Kier alpha value is -0.870. The van der Waals surface area contributed by atoms with Crippen LogP contribution in [0.15, 0.2) is 6.20 Å². The van der Waals surface area contributed by atoms with Gasteiger partial charge >= 0.3 is 0 Å². The number of nitrogens with zero attached hydrogens (tertiary/aromatic N) is 4. The first-order valence-corrected chi connectivity index (χ1v) is 7.68. The molecule has 3 heterocycles. The third-order valence-corrected chi connectivity index (χ3v) is 4.81. The molecular formula is C15H26N4. The molecule has 0 bridgehead atoms. The van der Waals surface area contributed by atoms with Crippen LogP contribution in [-0.4, -0.2) is 51.3 Å². The molecule has 0 radical (unpaired) electrons. The van der Waals surface area contributed by atoms with Gasteiger partial charge in [-0.25, -0.2) is 0 Å². The molecule has 0 saturated carbocycles. The molecule has 2 fully saturated rings. The maximum atomic E-state index is 4.57. The van der Waals surface area contributed by atoms with Crippen LogP contribution in [0.5, 0.6) is 0 Å². The zero-order chi connectivity index (χ0) is 13.4. The molecule has 19 heavy (non-hydrogen) atoms. The van der Waals surface area contributed by atoms with E-state index in [9.17, 15) is 0 Å². The van der Waals surface area contributed by atoms with Crippen LogP contribution >= 0.6 is 0 Å². The number of hydrogen-bond donors (Lipinski definition) is 0. The van der Waals surface area contributed by atoms with Crippen LogP contribution in [-0.2, 0) is 13.1 Å². The van der Waals surface area contributed by atoms with E-state index in [0.717, 1.165) is 19.1 Å². The molecule has 0 spiro atoms. The Labute approximate surface area is 116 Å². The van der Waals surface area contributed by atoms with Gasteiger partial charge in [-0.3, -0.25) is 14.5 Å². The van der Waals surface area contributed by atoms with E-state index >= 15 is 0 Å². The van der Waals surface area contributed by atoms with E-state index in [2.05, 4.69) is 46.5 Å². The van der Waals surface area contributed by atoms with Crippen molar-refractivity contribution >= 4 is 0 Å². The molecule has 4 heteroatoms. The first-order chi connectivity index (χ1) is 9.17. The molecule has 2 aliphatic heterocycles. The Morgan fingerprint density at radius 3 is 2.95 bits per heavy atom. The van der Waals surface area contributed by atoms with Gasteiger partial charge in [-0.2, -0.15) is 5.10 Å². The van der Waals surface area contributed by atoms with Crippen molar-refractivity contribution in [3.8, 4) is 0 Å². The highest BCUT2D eigenvalue weighted by Crippen LogP contribution is 2.26. The molecule has 4 nitrogen and oxygen atoms in total. The molecule has 3 rings (SSSR count). The van der Waals surface area contributed by atoms with Crippen molar-refractivity contribution in [2.45, 2.75) is 58.8 Å². The minimum Gasteiger partial charge on any atom is -0.298 e. The molecule has 0 aromatic carbocycles. The molecular weight excluding hydrogens is 236 g/mol. The second kappa shape index (κ2) is 5.25. The zero-order valence-corrected chi connectivity index (χ0v) is 12.5. The lowest BCUT2D eigenvalue weighted by molar-refractivity contribution is 0.0539. The standard InChI is InChI=1S/C15H26N4/c1-4-19-10-14(13(3)16-19)9-18-11-15-6-5-7-17(15)8-12(18)2/h10,12,15H,4-9,11H2,1-3H3/t12-,15-/m1/s1. The lowest BCUT2D eigenvalue weighted by Crippen LogP contribution is -2.54.